The molecule has 0 aliphatic rings. The molecule has 0 atom stereocenters. The zero-order chi connectivity index (χ0) is 18.1. The zero-order valence-electron chi connectivity index (χ0n) is 14.9. The minimum Gasteiger partial charge on any atom is -0.357 e. The van der Waals surface area contributed by atoms with Gasteiger partial charge in [-0.1, -0.05) is 18.2 Å². The quantitative estimate of drug-likeness (QED) is 0.222. The van der Waals surface area contributed by atoms with Crippen molar-refractivity contribution in [3.8, 4) is 0 Å². The fraction of sp³-hybridized carbons (Fsp3) is 0.353. The number of rotatable bonds is 8. The molecule has 3 N–H and O–H groups in total. The number of sulfonamides is 1. The second-order valence-corrected chi connectivity index (χ2v) is 8.13. The number of guanidine groups is 1. The minimum absolute atomic E-state index is 0. The molecule has 0 fully saturated rings. The molecule has 1 heterocycles. The summed E-state index contributed by atoms with van der Waals surface area (Å²) >= 11 is 1.68. The highest BCUT2D eigenvalue weighted by Gasteiger charge is 2.12. The third kappa shape index (κ3) is 7.22. The largest absolute Gasteiger partial charge is 0.357 e. The molecule has 1 aromatic heterocycles. The lowest BCUT2D eigenvalue weighted by Crippen LogP contribution is -2.41. The van der Waals surface area contributed by atoms with E-state index in [2.05, 4.69) is 38.7 Å². The maximum atomic E-state index is 12.1. The van der Waals surface area contributed by atoms with Gasteiger partial charge in [0.15, 0.2) is 5.96 Å². The molecule has 1 aromatic carbocycles. The number of aliphatic imine (C=N–C) groups is 1. The molecule has 2 rings (SSSR count). The van der Waals surface area contributed by atoms with Crippen LogP contribution in [0.3, 0.4) is 0 Å². The van der Waals surface area contributed by atoms with Crippen LogP contribution in [0.15, 0.2) is 51.7 Å². The Labute approximate surface area is 176 Å². The van der Waals surface area contributed by atoms with Gasteiger partial charge in [0.25, 0.3) is 0 Å². The highest BCUT2D eigenvalue weighted by molar-refractivity contribution is 14.0. The number of halogens is 1. The van der Waals surface area contributed by atoms with Crippen molar-refractivity contribution in [2.45, 2.75) is 25.3 Å². The van der Waals surface area contributed by atoms with E-state index >= 15 is 0 Å². The average Bonchev–Trinajstić information content (AvgIpc) is 3.02. The van der Waals surface area contributed by atoms with Gasteiger partial charge in [0.2, 0.25) is 10.0 Å². The first-order valence-electron chi connectivity index (χ1n) is 8.13. The zero-order valence-corrected chi connectivity index (χ0v) is 18.8. The van der Waals surface area contributed by atoms with Crippen LogP contribution in [0.4, 0.5) is 0 Å². The standard InChI is InChI=1S/C17H24N4O2S2.HI/c1-3-18-17(20-13-16-14(2)9-12-24-16)19-10-11-21-25(22,23)15-7-5-4-6-8-15;/h4-9,12,21H,3,10-11,13H2,1-2H3,(H2,18,19,20);1H. The summed E-state index contributed by atoms with van der Waals surface area (Å²) in [6.07, 6.45) is 0. The number of aryl methyl sites for hydroxylation is 1. The van der Waals surface area contributed by atoms with Gasteiger partial charge in [-0.3, -0.25) is 0 Å². The number of benzene rings is 1. The summed E-state index contributed by atoms with van der Waals surface area (Å²) < 4.78 is 26.9. The fourth-order valence-electron chi connectivity index (χ4n) is 2.11. The van der Waals surface area contributed by atoms with Crippen molar-refractivity contribution >= 4 is 51.3 Å². The second-order valence-electron chi connectivity index (χ2n) is 5.36. The van der Waals surface area contributed by atoms with E-state index in [1.807, 2.05) is 6.92 Å². The summed E-state index contributed by atoms with van der Waals surface area (Å²) in [5.41, 5.74) is 1.24. The molecular weight excluding hydrogens is 483 g/mol. The topological polar surface area (TPSA) is 82.6 Å². The SMILES string of the molecule is CCNC(=NCc1sccc1C)NCCNS(=O)(=O)c1ccccc1.I. The molecule has 0 saturated carbocycles. The summed E-state index contributed by atoms with van der Waals surface area (Å²) in [5.74, 6) is 0.675. The van der Waals surface area contributed by atoms with E-state index in [4.69, 9.17) is 0 Å². The van der Waals surface area contributed by atoms with Gasteiger partial charge < -0.3 is 10.6 Å². The van der Waals surface area contributed by atoms with E-state index in [0.29, 0.717) is 19.0 Å². The minimum atomic E-state index is -3.47. The van der Waals surface area contributed by atoms with Crippen LogP contribution < -0.4 is 15.4 Å². The summed E-state index contributed by atoms with van der Waals surface area (Å²) in [5, 5.41) is 8.36. The van der Waals surface area contributed by atoms with Gasteiger partial charge in [-0.05, 0) is 43.0 Å². The number of nitrogens with zero attached hydrogens (tertiary/aromatic N) is 1. The lowest BCUT2D eigenvalue weighted by molar-refractivity contribution is 0.580. The maximum absolute atomic E-state index is 12.1. The summed E-state index contributed by atoms with van der Waals surface area (Å²) in [4.78, 5) is 6.03. The number of hydrogen-bond donors (Lipinski definition) is 3. The van der Waals surface area contributed by atoms with Crippen molar-refractivity contribution in [2.24, 2.45) is 4.99 Å². The van der Waals surface area contributed by atoms with E-state index in [1.54, 1.807) is 41.7 Å². The van der Waals surface area contributed by atoms with Gasteiger partial charge >= 0.3 is 0 Å². The maximum Gasteiger partial charge on any atom is 0.240 e. The molecule has 0 aliphatic heterocycles. The van der Waals surface area contributed by atoms with Crippen LogP contribution in [-0.4, -0.2) is 34.0 Å². The highest BCUT2D eigenvalue weighted by Crippen LogP contribution is 2.16. The van der Waals surface area contributed by atoms with E-state index in [1.165, 1.54) is 10.4 Å². The normalized spacial score (nSPS) is 11.7. The highest BCUT2D eigenvalue weighted by atomic mass is 127. The van der Waals surface area contributed by atoms with Gasteiger partial charge in [0, 0.05) is 24.5 Å². The van der Waals surface area contributed by atoms with Gasteiger partial charge in [0.05, 0.1) is 11.4 Å². The van der Waals surface area contributed by atoms with Crippen molar-refractivity contribution in [3.05, 3.63) is 52.2 Å². The smallest absolute Gasteiger partial charge is 0.240 e. The second kappa shape index (κ2) is 11.5. The molecule has 9 heteroatoms. The van der Waals surface area contributed by atoms with E-state index in [0.717, 1.165) is 6.54 Å². The molecule has 26 heavy (non-hydrogen) atoms. The Kier molecular flexibility index (Phi) is 10.1. The fourth-order valence-corrected chi connectivity index (χ4v) is 3.99. The van der Waals surface area contributed by atoms with E-state index in [9.17, 15) is 8.42 Å². The molecule has 6 nitrogen and oxygen atoms in total. The van der Waals surface area contributed by atoms with Crippen LogP contribution in [0, 0.1) is 6.92 Å². The molecule has 0 radical (unpaired) electrons. The summed E-state index contributed by atoms with van der Waals surface area (Å²) in [7, 11) is -3.47. The summed E-state index contributed by atoms with van der Waals surface area (Å²) in [6, 6.07) is 10.4. The molecule has 0 amide bonds. The van der Waals surface area contributed by atoms with Gasteiger partial charge in [-0.25, -0.2) is 18.1 Å². The Bertz CT molecular complexity index is 792. The van der Waals surface area contributed by atoms with Gasteiger partial charge in [-0.2, -0.15) is 0 Å². The van der Waals surface area contributed by atoms with Crippen molar-refractivity contribution < 1.29 is 8.42 Å². The Morgan fingerprint density at radius 3 is 2.46 bits per heavy atom. The van der Waals surface area contributed by atoms with Crippen LogP contribution in [0.25, 0.3) is 0 Å². The number of hydrogen-bond acceptors (Lipinski definition) is 4. The van der Waals surface area contributed by atoms with Crippen molar-refractivity contribution in [3.63, 3.8) is 0 Å². The van der Waals surface area contributed by atoms with Crippen LogP contribution in [0.5, 0.6) is 0 Å². The molecule has 0 bridgehead atoms. The predicted octanol–water partition coefficient (Wildman–Crippen LogP) is 2.71. The van der Waals surface area contributed by atoms with Crippen molar-refractivity contribution in [2.75, 3.05) is 19.6 Å². The monoisotopic (exact) mass is 508 g/mol. The van der Waals surface area contributed by atoms with Crippen molar-refractivity contribution in [1.82, 2.24) is 15.4 Å². The van der Waals surface area contributed by atoms with Crippen LogP contribution in [0.2, 0.25) is 0 Å². The lowest BCUT2D eigenvalue weighted by Gasteiger charge is -2.12. The van der Waals surface area contributed by atoms with Crippen molar-refractivity contribution in [1.29, 1.82) is 0 Å². The molecule has 0 saturated heterocycles. The number of thiophene rings is 1. The Balaban J connectivity index is 0.00000338. The third-order valence-electron chi connectivity index (χ3n) is 3.46. The number of nitrogens with one attached hydrogen (secondary N) is 3. The molecule has 144 valence electrons. The molecule has 0 unspecified atom stereocenters. The van der Waals surface area contributed by atoms with Gasteiger partial charge in [-0.15, -0.1) is 35.3 Å². The Morgan fingerprint density at radius 1 is 1.12 bits per heavy atom. The first-order chi connectivity index (χ1) is 12.0. The first kappa shape index (κ1) is 22.9. The molecule has 0 aliphatic carbocycles. The molecule has 2 aromatic rings. The van der Waals surface area contributed by atoms with E-state index in [-0.39, 0.29) is 35.4 Å². The summed E-state index contributed by atoms with van der Waals surface area (Å²) in [6.45, 7) is 6.13. The predicted molar refractivity (Wildman–Crippen MR) is 119 cm³/mol. The van der Waals surface area contributed by atoms with Gasteiger partial charge in [0.1, 0.15) is 0 Å². The van der Waals surface area contributed by atoms with E-state index < -0.39 is 10.0 Å². The molecule has 0 spiro atoms. The average molecular weight is 508 g/mol. The van der Waals surface area contributed by atoms with Crippen LogP contribution >= 0.6 is 35.3 Å². The first-order valence-corrected chi connectivity index (χ1v) is 10.5. The van der Waals surface area contributed by atoms with Crippen LogP contribution in [0.1, 0.15) is 17.4 Å². The Hall–Kier alpha value is -1.17. The Morgan fingerprint density at radius 2 is 1.85 bits per heavy atom. The van der Waals surface area contributed by atoms with Crippen LogP contribution in [-0.2, 0) is 16.6 Å². The molecular formula is C17H25IN4O2S2. The third-order valence-corrected chi connectivity index (χ3v) is 5.94. The lowest BCUT2D eigenvalue weighted by atomic mass is 10.3.